The highest BCUT2D eigenvalue weighted by atomic mass is 16.5. The van der Waals surface area contributed by atoms with Crippen molar-refractivity contribution in [1.82, 2.24) is 10.3 Å². The number of carbonyl (C=O) groups is 2. The summed E-state index contributed by atoms with van der Waals surface area (Å²) in [4.78, 5) is 31.1. The Kier molecular flexibility index (Phi) is 6.57. The van der Waals surface area contributed by atoms with Gasteiger partial charge in [-0.15, -0.1) is 0 Å². The monoisotopic (exact) mass is 464 g/mol. The van der Waals surface area contributed by atoms with Crippen molar-refractivity contribution in [3.05, 3.63) is 124 Å². The minimum atomic E-state index is -0.470. The number of hydrogen-bond donors (Lipinski definition) is 1. The van der Waals surface area contributed by atoms with E-state index in [-0.39, 0.29) is 18.3 Å². The predicted molar refractivity (Wildman–Crippen MR) is 134 cm³/mol. The Morgan fingerprint density at radius 2 is 1.63 bits per heavy atom. The molecule has 5 rings (SSSR count). The first-order chi connectivity index (χ1) is 17.1. The van der Waals surface area contributed by atoms with Gasteiger partial charge in [0.05, 0.1) is 12.2 Å². The number of aromatic nitrogens is 1. The van der Waals surface area contributed by atoms with Gasteiger partial charge in [-0.05, 0) is 48.1 Å². The lowest BCUT2D eigenvalue weighted by Crippen LogP contribution is -2.36. The van der Waals surface area contributed by atoms with Gasteiger partial charge in [-0.1, -0.05) is 60.7 Å². The Labute approximate surface area is 205 Å². The molecule has 0 amide bonds. The van der Waals surface area contributed by atoms with E-state index in [0.29, 0.717) is 24.0 Å². The third-order valence-corrected chi connectivity index (χ3v) is 6.82. The van der Waals surface area contributed by atoms with E-state index in [1.54, 1.807) is 12.4 Å². The molecule has 3 aromatic rings. The summed E-state index contributed by atoms with van der Waals surface area (Å²) in [6, 6.07) is 23.8. The van der Waals surface area contributed by atoms with E-state index in [1.165, 1.54) is 0 Å². The number of pyridine rings is 1. The topological polar surface area (TPSA) is 68.3 Å². The molecule has 0 saturated heterocycles. The SMILES string of the molecule is CC1=C(C(=O)OCCc2ccccc2)[C@@H](c2ccncc2)C2=C(C[C@H](c3ccccc3)CC2=O)N1. The summed E-state index contributed by atoms with van der Waals surface area (Å²) in [5.74, 6) is -0.684. The number of carbonyl (C=O) groups excluding carboxylic acids is 2. The Morgan fingerprint density at radius 3 is 2.34 bits per heavy atom. The molecule has 0 spiro atoms. The zero-order valence-electron chi connectivity index (χ0n) is 19.7. The van der Waals surface area contributed by atoms with Crippen molar-refractivity contribution in [2.45, 2.75) is 38.0 Å². The number of ether oxygens (including phenoxy) is 1. The molecule has 0 bridgehead atoms. The lowest BCUT2D eigenvalue weighted by molar-refractivity contribution is -0.139. The average molecular weight is 465 g/mol. The molecule has 1 aliphatic heterocycles. The fourth-order valence-electron chi connectivity index (χ4n) is 5.14. The Balaban J connectivity index is 1.44. The van der Waals surface area contributed by atoms with E-state index in [2.05, 4.69) is 22.4 Å². The van der Waals surface area contributed by atoms with Crippen molar-refractivity contribution in [3.63, 3.8) is 0 Å². The second-order valence-electron chi connectivity index (χ2n) is 9.08. The van der Waals surface area contributed by atoms with Crippen LogP contribution in [0.2, 0.25) is 0 Å². The molecule has 5 nitrogen and oxygen atoms in total. The molecule has 2 aromatic carbocycles. The van der Waals surface area contributed by atoms with Gasteiger partial charge < -0.3 is 10.1 Å². The highest BCUT2D eigenvalue weighted by Gasteiger charge is 2.41. The van der Waals surface area contributed by atoms with E-state index in [4.69, 9.17) is 4.74 Å². The van der Waals surface area contributed by atoms with E-state index in [0.717, 1.165) is 34.5 Å². The molecule has 0 unspecified atom stereocenters. The summed E-state index contributed by atoms with van der Waals surface area (Å²) in [6.07, 6.45) is 5.18. The maximum absolute atomic E-state index is 13.6. The number of esters is 1. The van der Waals surface area contributed by atoms with Crippen molar-refractivity contribution in [1.29, 1.82) is 0 Å². The van der Waals surface area contributed by atoms with Crippen LogP contribution in [0.1, 0.15) is 48.3 Å². The minimum absolute atomic E-state index is 0.0662. The van der Waals surface area contributed by atoms with E-state index < -0.39 is 11.9 Å². The van der Waals surface area contributed by atoms with E-state index in [1.807, 2.05) is 67.6 Å². The number of nitrogens with one attached hydrogen (secondary N) is 1. The van der Waals surface area contributed by atoms with Crippen LogP contribution in [0.15, 0.2) is 108 Å². The zero-order valence-corrected chi connectivity index (χ0v) is 19.7. The molecule has 0 saturated carbocycles. The van der Waals surface area contributed by atoms with Gasteiger partial charge in [0.15, 0.2) is 5.78 Å². The van der Waals surface area contributed by atoms with E-state index >= 15 is 0 Å². The third kappa shape index (κ3) is 4.80. The van der Waals surface area contributed by atoms with Crippen molar-refractivity contribution in [3.8, 4) is 0 Å². The maximum Gasteiger partial charge on any atom is 0.336 e. The fourth-order valence-corrected chi connectivity index (χ4v) is 5.14. The standard InChI is InChI=1S/C30H28N2O3/c1-20-27(30(34)35-17-14-21-8-4-2-5-9-21)28(23-12-15-31-16-13-23)29-25(32-20)18-24(19-26(29)33)22-10-6-3-7-11-22/h2-13,15-16,24,28,32H,14,17-19H2,1H3/t24-,28+/m0/s1. The number of Topliss-reactive ketones (excluding diaryl/α,β-unsaturated/α-hetero) is 1. The number of dihydropyridines is 1. The molecule has 0 fully saturated rings. The predicted octanol–water partition coefficient (Wildman–Crippen LogP) is 5.23. The quantitative estimate of drug-likeness (QED) is 0.506. The summed E-state index contributed by atoms with van der Waals surface area (Å²) >= 11 is 0. The van der Waals surface area contributed by atoms with Gasteiger partial charge in [0, 0.05) is 48.1 Å². The van der Waals surface area contributed by atoms with Crippen molar-refractivity contribution < 1.29 is 14.3 Å². The van der Waals surface area contributed by atoms with E-state index in [9.17, 15) is 9.59 Å². The molecular weight excluding hydrogens is 436 g/mol. The third-order valence-electron chi connectivity index (χ3n) is 6.82. The minimum Gasteiger partial charge on any atom is -0.462 e. The highest BCUT2D eigenvalue weighted by molar-refractivity contribution is 6.04. The average Bonchev–Trinajstić information content (AvgIpc) is 2.89. The molecule has 5 heteroatoms. The zero-order chi connectivity index (χ0) is 24.2. The molecule has 1 aliphatic carbocycles. The summed E-state index contributed by atoms with van der Waals surface area (Å²) < 4.78 is 5.73. The van der Waals surface area contributed by atoms with Gasteiger partial charge in [0.2, 0.25) is 0 Å². The Morgan fingerprint density at radius 1 is 0.943 bits per heavy atom. The summed E-state index contributed by atoms with van der Waals surface area (Å²) in [6.45, 7) is 2.17. The first-order valence-electron chi connectivity index (χ1n) is 12.0. The Hall–Kier alpha value is -3.99. The normalized spacial score (nSPS) is 19.7. The van der Waals surface area contributed by atoms with Gasteiger partial charge in [0.1, 0.15) is 0 Å². The van der Waals surface area contributed by atoms with Gasteiger partial charge in [-0.25, -0.2) is 4.79 Å². The highest BCUT2D eigenvalue weighted by Crippen LogP contribution is 2.45. The maximum atomic E-state index is 13.6. The van der Waals surface area contributed by atoms with Gasteiger partial charge in [-0.3, -0.25) is 9.78 Å². The van der Waals surface area contributed by atoms with Gasteiger partial charge in [0.25, 0.3) is 0 Å². The molecule has 2 atom stereocenters. The van der Waals surface area contributed by atoms with Crippen LogP contribution in [0.5, 0.6) is 0 Å². The molecule has 2 heterocycles. The second-order valence-corrected chi connectivity index (χ2v) is 9.08. The Bertz CT molecular complexity index is 1280. The van der Waals surface area contributed by atoms with Crippen molar-refractivity contribution in [2.24, 2.45) is 0 Å². The fraction of sp³-hybridized carbons (Fsp3) is 0.233. The number of allylic oxidation sites excluding steroid dienone is 3. The van der Waals surface area contributed by atoms with Crippen LogP contribution >= 0.6 is 0 Å². The molecule has 1 N–H and O–H groups in total. The van der Waals surface area contributed by atoms with Crippen LogP contribution in [-0.2, 0) is 20.7 Å². The summed E-state index contributed by atoms with van der Waals surface area (Å²) in [7, 11) is 0. The second kappa shape index (κ2) is 10.1. The van der Waals surface area contributed by atoms with Gasteiger partial charge >= 0.3 is 5.97 Å². The summed E-state index contributed by atoms with van der Waals surface area (Å²) in [5, 5.41) is 3.41. The van der Waals surface area contributed by atoms with Gasteiger partial charge in [-0.2, -0.15) is 0 Å². The van der Waals surface area contributed by atoms with Crippen LogP contribution in [-0.4, -0.2) is 23.3 Å². The molecule has 1 aromatic heterocycles. The van der Waals surface area contributed by atoms with Crippen LogP contribution in [0, 0.1) is 0 Å². The number of ketones is 1. The molecule has 176 valence electrons. The first-order valence-corrected chi connectivity index (χ1v) is 12.0. The largest absolute Gasteiger partial charge is 0.462 e. The lowest BCUT2D eigenvalue weighted by Gasteiger charge is -2.36. The number of rotatable bonds is 6. The molecular formula is C30H28N2O3. The summed E-state index contributed by atoms with van der Waals surface area (Å²) in [5.41, 5.74) is 5.93. The molecule has 35 heavy (non-hydrogen) atoms. The van der Waals surface area contributed by atoms with Crippen LogP contribution in [0.25, 0.3) is 0 Å². The van der Waals surface area contributed by atoms with Crippen molar-refractivity contribution >= 4 is 11.8 Å². The smallest absolute Gasteiger partial charge is 0.336 e. The lowest BCUT2D eigenvalue weighted by atomic mass is 9.72. The first kappa shape index (κ1) is 22.8. The number of hydrogen-bond acceptors (Lipinski definition) is 5. The molecule has 0 radical (unpaired) electrons. The van der Waals surface area contributed by atoms with Crippen LogP contribution in [0.3, 0.4) is 0 Å². The van der Waals surface area contributed by atoms with Crippen LogP contribution in [0.4, 0.5) is 0 Å². The van der Waals surface area contributed by atoms with Crippen LogP contribution < -0.4 is 5.32 Å². The number of nitrogens with zero attached hydrogens (tertiary/aromatic N) is 1. The van der Waals surface area contributed by atoms with Crippen molar-refractivity contribution in [2.75, 3.05) is 6.61 Å². The number of benzene rings is 2. The molecule has 2 aliphatic rings.